The molecule has 0 spiro atoms. The van der Waals surface area contributed by atoms with Crippen LogP contribution in [-0.2, 0) is 4.79 Å². The molecule has 1 aromatic rings. The first kappa shape index (κ1) is 10.7. The van der Waals surface area contributed by atoms with Crippen molar-refractivity contribution in [3.05, 3.63) is 33.9 Å². The summed E-state index contributed by atoms with van der Waals surface area (Å²) in [4.78, 5) is 11.3. The van der Waals surface area contributed by atoms with Gasteiger partial charge in [0.1, 0.15) is 0 Å². The topological polar surface area (TPSA) is 17.1 Å². The van der Waals surface area contributed by atoms with Crippen molar-refractivity contribution in [1.82, 2.24) is 0 Å². The SMILES string of the molecule is CCC(=O)[C@@H](C)[I-]c1ccccc1. The third-order valence-electron chi connectivity index (χ3n) is 1.81. The van der Waals surface area contributed by atoms with Crippen molar-refractivity contribution >= 4 is 5.78 Å². The van der Waals surface area contributed by atoms with Crippen molar-refractivity contribution in [3.8, 4) is 0 Å². The second kappa shape index (κ2) is 5.37. The Kier molecular flexibility index (Phi) is 4.42. The molecule has 0 radical (unpaired) electrons. The molecule has 0 aliphatic carbocycles. The first-order chi connectivity index (χ1) is 6.24. The van der Waals surface area contributed by atoms with Crippen LogP contribution in [-0.4, -0.2) is 9.71 Å². The fraction of sp³-hybridized carbons (Fsp3) is 0.364. The van der Waals surface area contributed by atoms with E-state index in [1.807, 2.05) is 32.0 Å². The van der Waals surface area contributed by atoms with Crippen molar-refractivity contribution in [2.24, 2.45) is 0 Å². The van der Waals surface area contributed by atoms with E-state index in [1.54, 1.807) is 0 Å². The Morgan fingerprint density at radius 3 is 2.54 bits per heavy atom. The van der Waals surface area contributed by atoms with Gasteiger partial charge in [-0.05, 0) is 0 Å². The van der Waals surface area contributed by atoms with E-state index in [4.69, 9.17) is 0 Å². The summed E-state index contributed by atoms with van der Waals surface area (Å²) in [5.74, 6) is 0.400. The number of carbonyl (C=O) groups is 1. The van der Waals surface area contributed by atoms with Gasteiger partial charge in [0.25, 0.3) is 0 Å². The summed E-state index contributed by atoms with van der Waals surface area (Å²) in [6, 6.07) is 10.3. The second-order valence-electron chi connectivity index (χ2n) is 2.84. The predicted molar refractivity (Wildman–Crippen MR) is 49.9 cm³/mol. The molecule has 0 heterocycles. The van der Waals surface area contributed by atoms with Crippen molar-refractivity contribution in [3.63, 3.8) is 0 Å². The Bertz CT molecular complexity index is 269. The standard InChI is InChI=1S/C11H14IO/c1-3-11(13)9(2)12-10-7-5-4-6-8-10/h4-9H,3H2,1-2H3/q-1/t9-/m1/s1. The van der Waals surface area contributed by atoms with E-state index in [0.717, 1.165) is 0 Å². The first-order valence-electron chi connectivity index (χ1n) is 4.45. The molecular weight excluding hydrogens is 275 g/mol. The minimum absolute atomic E-state index is 0.132. The molecular formula is C11H14IO-. The van der Waals surface area contributed by atoms with Gasteiger partial charge in [0.15, 0.2) is 0 Å². The summed E-state index contributed by atoms with van der Waals surface area (Å²) in [6.07, 6.45) is 0.674. The Labute approximate surface area is 89.8 Å². The fourth-order valence-electron chi connectivity index (χ4n) is 1.02. The van der Waals surface area contributed by atoms with E-state index in [1.165, 1.54) is 3.57 Å². The molecule has 0 fully saturated rings. The normalized spacial score (nSPS) is 12.8. The number of Topliss-reactive ketones (excluding diaryl/α,β-unsaturated/α-hetero) is 1. The maximum absolute atomic E-state index is 11.3. The predicted octanol–water partition coefficient (Wildman–Crippen LogP) is -0.687. The quantitative estimate of drug-likeness (QED) is 0.530. The summed E-state index contributed by atoms with van der Waals surface area (Å²) in [6.45, 7) is 3.99. The molecule has 13 heavy (non-hydrogen) atoms. The summed E-state index contributed by atoms with van der Waals surface area (Å²) in [5, 5.41) is 0. The summed E-state index contributed by atoms with van der Waals surface area (Å²) in [5.41, 5.74) is 0. The molecule has 0 N–H and O–H groups in total. The summed E-state index contributed by atoms with van der Waals surface area (Å²) < 4.78 is 1.63. The summed E-state index contributed by atoms with van der Waals surface area (Å²) >= 11 is -0.132. The Balaban J connectivity index is 2.55. The van der Waals surface area contributed by atoms with Crippen LogP contribution in [0.25, 0.3) is 0 Å². The van der Waals surface area contributed by atoms with Gasteiger partial charge < -0.3 is 0 Å². The van der Waals surface area contributed by atoms with E-state index in [-0.39, 0.29) is 25.1 Å². The van der Waals surface area contributed by atoms with E-state index < -0.39 is 0 Å². The van der Waals surface area contributed by atoms with Gasteiger partial charge in [0, 0.05) is 0 Å². The van der Waals surface area contributed by atoms with Crippen LogP contribution in [0.1, 0.15) is 20.3 Å². The van der Waals surface area contributed by atoms with Crippen LogP contribution in [0.4, 0.5) is 0 Å². The van der Waals surface area contributed by atoms with Crippen LogP contribution in [0.2, 0.25) is 0 Å². The zero-order valence-electron chi connectivity index (χ0n) is 7.96. The molecule has 0 amide bonds. The molecule has 0 aromatic heterocycles. The van der Waals surface area contributed by atoms with Crippen LogP contribution < -0.4 is 21.2 Å². The second-order valence-corrected chi connectivity index (χ2v) is 6.58. The molecule has 0 aliphatic heterocycles. The number of halogens is 1. The van der Waals surface area contributed by atoms with Crippen molar-refractivity contribution in [2.45, 2.75) is 24.2 Å². The van der Waals surface area contributed by atoms with Gasteiger partial charge in [-0.1, -0.05) is 0 Å². The zero-order chi connectivity index (χ0) is 9.68. The number of ketones is 1. The van der Waals surface area contributed by atoms with Crippen LogP contribution >= 0.6 is 0 Å². The van der Waals surface area contributed by atoms with Gasteiger partial charge >= 0.3 is 89.9 Å². The molecule has 1 rings (SSSR count). The van der Waals surface area contributed by atoms with Crippen molar-refractivity contribution < 1.29 is 26.0 Å². The van der Waals surface area contributed by atoms with Crippen LogP contribution in [0, 0.1) is 3.57 Å². The van der Waals surface area contributed by atoms with E-state index in [9.17, 15) is 4.79 Å². The number of benzene rings is 1. The number of hydrogen-bond acceptors (Lipinski definition) is 1. The molecule has 0 saturated carbocycles. The van der Waals surface area contributed by atoms with E-state index in [2.05, 4.69) is 12.1 Å². The Hall–Kier alpha value is -0.380. The fourth-order valence-corrected chi connectivity index (χ4v) is 3.72. The number of carbonyl (C=O) groups excluding carboxylic acids is 1. The van der Waals surface area contributed by atoms with Crippen LogP contribution in [0.5, 0.6) is 0 Å². The Morgan fingerprint density at radius 1 is 1.38 bits per heavy atom. The molecule has 0 aliphatic rings. The minimum atomic E-state index is -0.132. The average Bonchev–Trinajstić information content (AvgIpc) is 2.18. The third-order valence-corrected chi connectivity index (χ3v) is 4.88. The maximum atomic E-state index is 11.3. The third kappa shape index (κ3) is 3.46. The van der Waals surface area contributed by atoms with Crippen LogP contribution in [0.3, 0.4) is 0 Å². The van der Waals surface area contributed by atoms with Gasteiger partial charge in [0.05, 0.1) is 0 Å². The number of alkyl halides is 1. The average molecular weight is 289 g/mol. The number of hydrogen-bond donors (Lipinski definition) is 0. The zero-order valence-corrected chi connectivity index (χ0v) is 10.1. The van der Waals surface area contributed by atoms with Gasteiger partial charge in [-0.3, -0.25) is 0 Å². The van der Waals surface area contributed by atoms with E-state index in [0.29, 0.717) is 12.2 Å². The van der Waals surface area contributed by atoms with Gasteiger partial charge in [-0.15, -0.1) is 0 Å². The molecule has 0 saturated heterocycles. The molecule has 0 bridgehead atoms. The van der Waals surface area contributed by atoms with Gasteiger partial charge in [0.2, 0.25) is 0 Å². The monoisotopic (exact) mass is 289 g/mol. The molecule has 1 atom stereocenters. The molecule has 1 nitrogen and oxygen atoms in total. The van der Waals surface area contributed by atoms with Gasteiger partial charge in [-0.25, -0.2) is 0 Å². The molecule has 1 aromatic carbocycles. The molecule has 0 unspecified atom stereocenters. The van der Waals surface area contributed by atoms with E-state index >= 15 is 0 Å². The molecule has 2 heteroatoms. The number of rotatable bonds is 4. The summed E-state index contributed by atoms with van der Waals surface area (Å²) in [7, 11) is 0. The molecule has 72 valence electrons. The van der Waals surface area contributed by atoms with Crippen molar-refractivity contribution in [2.75, 3.05) is 0 Å². The van der Waals surface area contributed by atoms with Gasteiger partial charge in [-0.2, -0.15) is 0 Å². The first-order valence-corrected chi connectivity index (χ1v) is 6.77. The van der Waals surface area contributed by atoms with Crippen LogP contribution in [0.15, 0.2) is 30.3 Å². The van der Waals surface area contributed by atoms with Crippen molar-refractivity contribution in [1.29, 1.82) is 0 Å². The Morgan fingerprint density at radius 2 is 2.00 bits per heavy atom.